The average molecular weight is 368 g/mol. The molecule has 1 amide bonds. The Morgan fingerprint density at radius 3 is 3.00 bits per heavy atom. The van der Waals surface area contributed by atoms with Crippen LogP contribution >= 0.6 is 11.3 Å². The van der Waals surface area contributed by atoms with E-state index in [-0.39, 0.29) is 5.91 Å². The Labute approximate surface area is 155 Å². The van der Waals surface area contributed by atoms with Crippen molar-refractivity contribution in [1.82, 2.24) is 20.0 Å². The largest absolute Gasteiger partial charge is 0.339 e. The predicted octanol–water partition coefficient (Wildman–Crippen LogP) is 3.33. The lowest BCUT2D eigenvalue weighted by Crippen LogP contribution is -2.36. The van der Waals surface area contributed by atoms with Gasteiger partial charge in [-0.3, -0.25) is 9.78 Å². The van der Waals surface area contributed by atoms with Crippen LogP contribution in [0.5, 0.6) is 0 Å². The van der Waals surface area contributed by atoms with Crippen molar-refractivity contribution in [3.05, 3.63) is 51.3 Å². The summed E-state index contributed by atoms with van der Waals surface area (Å²) in [4.78, 5) is 24.6. The number of aromatic nitrogens is 3. The number of nitrogens with zero attached hydrogens (tertiary/aromatic N) is 4. The first-order chi connectivity index (χ1) is 12.6. The number of carbonyl (C=O) groups is 1. The van der Waals surface area contributed by atoms with Crippen LogP contribution in [0.4, 0.5) is 0 Å². The summed E-state index contributed by atoms with van der Waals surface area (Å²) in [7, 11) is 0. The van der Waals surface area contributed by atoms with Crippen molar-refractivity contribution < 1.29 is 9.32 Å². The summed E-state index contributed by atoms with van der Waals surface area (Å²) >= 11 is 1.70. The lowest BCUT2D eigenvalue weighted by atomic mass is 9.94. The zero-order chi connectivity index (χ0) is 18.1. The highest BCUT2D eigenvalue weighted by Gasteiger charge is 2.26. The minimum atomic E-state index is 0.196. The third kappa shape index (κ3) is 3.26. The topological polar surface area (TPSA) is 72.1 Å². The zero-order valence-corrected chi connectivity index (χ0v) is 15.7. The Hall–Kier alpha value is -2.54. The molecule has 0 bridgehead atoms. The van der Waals surface area contributed by atoms with Crippen molar-refractivity contribution >= 4 is 17.2 Å². The molecule has 0 unspecified atom stereocenters. The number of fused-ring (bicyclic) bond motifs is 1. The molecule has 0 N–H and O–H groups in total. The second-order valence-electron chi connectivity index (χ2n) is 6.50. The molecular formula is C19H20N4O2S. The van der Waals surface area contributed by atoms with Crippen LogP contribution < -0.4 is 0 Å². The third-order valence-electron chi connectivity index (χ3n) is 4.73. The number of thiophene rings is 1. The molecule has 26 heavy (non-hydrogen) atoms. The molecule has 1 aliphatic heterocycles. The normalized spacial score (nSPS) is 13.7. The van der Waals surface area contributed by atoms with Gasteiger partial charge in [-0.2, -0.15) is 4.98 Å². The number of amides is 1. The highest BCUT2D eigenvalue weighted by Crippen LogP contribution is 2.30. The standard InChI is InChI=1S/C19H20N4O2S/c1-12-18(19-21-13(2)25-22-19)16-7-8-23(11-14(16)10-20-12)17(24)6-5-15-4-3-9-26-15/h3-4,9-10H,5-8,11H2,1-2H3. The fraction of sp³-hybridized carbons (Fsp3) is 0.368. The average Bonchev–Trinajstić information content (AvgIpc) is 3.31. The SMILES string of the molecule is Cc1nc(-c2c(C)ncc3c2CCN(C(=O)CCc2cccs2)C3)no1. The number of hydrogen-bond donors (Lipinski definition) is 0. The summed E-state index contributed by atoms with van der Waals surface area (Å²) in [6.45, 7) is 5.04. The molecule has 0 radical (unpaired) electrons. The van der Waals surface area contributed by atoms with Crippen molar-refractivity contribution in [2.75, 3.05) is 6.54 Å². The quantitative estimate of drug-likeness (QED) is 0.706. The van der Waals surface area contributed by atoms with E-state index in [4.69, 9.17) is 4.52 Å². The smallest absolute Gasteiger partial charge is 0.223 e. The van der Waals surface area contributed by atoms with E-state index in [2.05, 4.69) is 21.2 Å². The van der Waals surface area contributed by atoms with Crippen molar-refractivity contribution in [1.29, 1.82) is 0 Å². The van der Waals surface area contributed by atoms with E-state index in [0.717, 1.165) is 29.7 Å². The van der Waals surface area contributed by atoms with Gasteiger partial charge >= 0.3 is 0 Å². The first-order valence-electron chi connectivity index (χ1n) is 8.70. The van der Waals surface area contributed by atoms with Crippen LogP contribution in [-0.4, -0.2) is 32.5 Å². The van der Waals surface area contributed by atoms with E-state index in [1.807, 2.05) is 29.5 Å². The van der Waals surface area contributed by atoms with Crippen LogP contribution in [0.2, 0.25) is 0 Å². The van der Waals surface area contributed by atoms with Crippen molar-refractivity contribution in [3.8, 4) is 11.4 Å². The molecule has 7 heteroatoms. The predicted molar refractivity (Wildman–Crippen MR) is 98.8 cm³/mol. The molecule has 0 aromatic carbocycles. The molecular weight excluding hydrogens is 348 g/mol. The second kappa shape index (κ2) is 6.99. The first kappa shape index (κ1) is 16.9. The Morgan fingerprint density at radius 2 is 2.27 bits per heavy atom. The van der Waals surface area contributed by atoms with Crippen LogP contribution in [0.15, 0.2) is 28.2 Å². The van der Waals surface area contributed by atoms with Gasteiger partial charge in [0.15, 0.2) is 0 Å². The molecule has 3 aromatic heterocycles. The fourth-order valence-electron chi connectivity index (χ4n) is 3.40. The van der Waals surface area contributed by atoms with Crippen LogP contribution in [0.3, 0.4) is 0 Å². The maximum absolute atomic E-state index is 12.6. The minimum Gasteiger partial charge on any atom is -0.339 e. The van der Waals surface area contributed by atoms with Crippen LogP contribution in [0, 0.1) is 13.8 Å². The van der Waals surface area contributed by atoms with Gasteiger partial charge in [0.05, 0.1) is 0 Å². The number of rotatable bonds is 4. The number of carbonyl (C=O) groups excluding carboxylic acids is 1. The van der Waals surface area contributed by atoms with Crippen LogP contribution in [0.1, 0.15) is 34.0 Å². The van der Waals surface area contributed by atoms with E-state index in [1.165, 1.54) is 10.4 Å². The molecule has 0 saturated carbocycles. The van der Waals surface area contributed by atoms with Gasteiger partial charge in [0, 0.05) is 48.8 Å². The Balaban J connectivity index is 1.53. The van der Waals surface area contributed by atoms with Gasteiger partial charge in [-0.15, -0.1) is 11.3 Å². The molecule has 0 fully saturated rings. The highest BCUT2D eigenvalue weighted by molar-refractivity contribution is 7.09. The first-order valence-corrected chi connectivity index (χ1v) is 9.58. The van der Waals surface area contributed by atoms with Gasteiger partial charge in [-0.05, 0) is 42.3 Å². The maximum Gasteiger partial charge on any atom is 0.223 e. The fourth-order valence-corrected chi connectivity index (χ4v) is 4.11. The molecule has 134 valence electrons. The van der Waals surface area contributed by atoms with E-state index in [1.54, 1.807) is 18.3 Å². The van der Waals surface area contributed by atoms with Gasteiger partial charge < -0.3 is 9.42 Å². The van der Waals surface area contributed by atoms with E-state index >= 15 is 0 Å². The van der Waals surface area contributed by atoms with Gasteiger partial charge in [0.1, 0.15) is 0 Å². The molecule has 0 atom stereocenters. The maximum atomic E-state index is 12.6. The van der Waals surface area contributed by atoms with Gasteiger partial charge in [-0.1, -0.05) is 11.2 Å². The van der Waals surface area contributed by atoms with E-state index in [0.29, 0.717) is 31.2 Å². The number of pyridine rings is 1. The summed E-state index contributed by atoms with van der Waals surface area (Å²) in [6.07, 6.45) is 4.01. The molecule has 4 heterocycles. The Bertz CT molecular complexity index is 933. The summed E-state index contributed by atoms with van der Waals surface area (Å²) in [5.74, 6) is 1.32. The van der Waals surface area contributed by atoms with Gasteiger partial charge in [0.25, 0.3) is 0 Å². The molecule has 3 aromatic rings. The zero-order valence-electron chi connectivity index (χ0n) is 14.9. The minimum absolute atomic E-state index is 0.196. The lowest BCUT2D eigenvalue weighted by molar-refractivity contribution is -0.132. The van der Waals surface area contributed by atoms with Gasteiger partial charge in [-0.25, -0.2) is 0 Å². The summed E-state index contributed by atoms with van der Waals surface area (Å²) < 4.78 is 5.14. The highest BCUT2D eigenvalue weighted by atomic mass is 32.1. The summed E-state index contributed by atoms with van der Waals surface area (Å²) in [5.41, 5.74) is 4.09. The Kier molecular flexibility index (Phi) is 4.55. The third-order valence-corrected chi connectivity index (χ3v) is 5.66. The number of aryl methyl sites for hydroxylation is 3. The molecule has 0 aliphatic carbocycles. The molecule has 4 rings (SSSR count). The molecule has 0 saturated heterocycles. The van der Waals surface area contributed by atoms with E-state index in [9.17, 15) is 4.79 Å². The van der Waals surface area contributed by atoms with Crippen LogP contribution in [0.25, 0.3) is 11.4 Å². The number of hydrogen-bond acceptors (Lipinski definition) is 6. The van der Waals surface area contributed by atoms with E-state index < -0.39 is 0 Å². The van der Waals surface area contributed by atoms with Crippen molar-refractivity contribution in [2.45, 2.75) is 39.7 Å². The lowest BCUT2D eigenvalue weighted by Gasteiger charge is -2.30. The molecule has 0 spiro atoms. The molecule has 6 nitrogen and oxygen atoms in total. The summed E-state index contributed by atoms with van der Waals surface area (Å²) in [5, 5.41) is 6.11. The van der Waals surface area contributed by atoms with Crippen LogP contribution in [-0.2, 0) is 24.2 Å². The Morgan fingerprint density at radius 1 is 1.38 bits per heavy atom. The molecule has 1 aliphatic rings. The monoisotopic (exact) mass is 368 g/mol. The van der Waals surface area contributed by atoms with Crippen molar-refractivity contribution in [3.63, 3.8) is 0 Å². The second-order valence-corrected chi connectivity index (χ2v) is 7.54. The van der Waals surface area contributed by atoms with Gasteiger partial charge in [0.2, 0.25) is 17.6 Å². The van der Waals surface area contributed by atoms with Crippen molar-refractivity contribution in [2.24, 2.45) is 0 Å². The summed E-state index contributed by atoms with van der Waals surface area (Å²) in [6, 6.07) is 4.10.